The van der Waals surface area contributed by atoms with Crippen LogP contribution in [0.1, 0.15) is 27.0 Å². The van der Waals surface area contributed by atoms with Gasteiger partial charge in [-0.2, -0.15) is 4.98 Å². The molecule has 0 radical (unpaired) electrons. The summed E-state index contributed by atoms with van der Waals surface area (Å²) >= 11 is 0. The number of halogens is 1. The third-order valence-electron chi connectivity index (χ3n) is 5.41. The van der Waals surface area contributed by atoms with Crippen LogP contribution < -0.4 is 11.3 Å². The van der Waals surface area contributed by atoms with Gasteiger partial charge in [-0.3, -0.25) is 14.3 Å². The number of aliphatic hydroxyl groups is 1. The highest BCUT2D eigenvalue weighted by Gasteiger charge is 2.51. The van der Waals surface area contributed by atoms with Gasteiger partial charge in [-0.1, -0.05) is 20.8 Å². The maximum atomic E-state index is 15.4. The average Bonchev–Trinajstić information content (AvgIpc) is 3.08. The van der Waals surface area contributed by atoms with Crippen LogP contribution in [0.5, 0.6) is 0 Å². The fourth-order valence-electron chi connectivity index (χ4n) is 2.85. The predicted octanol–water partition coefficient (Wildman–Crippen LogP) is 1.32. The van der Waals surface area contributed by atoms with Gasteiger partial charge in [0.05, 0.1) is 12.9 Å². The second-order valence-electron chi connectivity index (χ2n) is 8.31. The van der Waals surface area contributed by atoms with Crippen molar-refractivity contribution in [2.24, 2.45) is 0 Å². The van der Waals surface area contributed by atoms with Gasteiger partial charge in [0.15, 0.2) is 31.9 Å². The van der Waals surface area contributed by atoms with Crippen LogP contribution >= 0.6 is 0 Å². The van der Waals surface area contributed by atoms with Gasteiger partial charge in [0.1, 0.15) is 12.2 Å². The molecule has 4 N–H and O–H groups in total. The predicted molar refractivity (Wildman–Crippen MR) is 101 cm³/mol. The maximum absolute atomic E-state index is 15.4. The van der Waals surface area contributed by atoms with Crippen molar-refractivity contribution in [3.63, 3.8) is 0 Å². The van der Waals surface area contributed by atoms with Crippen molar-refractivity contribution >= 4 is 25.4 Å². The van der Waals surface area contributed by atoms with Gasteiger partial charge in [0, 0.05) is 0 Å². The Morgan fingerprint density at radius 1 is 1.48 bits per heavy atom. The van der Waals surface area contributed by atoms with Gasteiger partial charge in [-0.15, -0.1) is 0 Å². The van der Waals surface area contributed by atoms with Gasteiger partial charge in [0.25, 0.3) is 5.56 Å². The molecular formula is C16H26FN5O4Si. The summed E-state index contributed by atoms with van der Waals surface area (Å²) in [6.07, 6.45) is -3.19. The quantitative estimate of drug-likeness (QED) is 0.661. The molecule has 0 unspecified atom stereocenters. The van der Waals surface area contributed by atoms with Crippen LogP contribution in [-0.4, -0.2) is 57.9 Å². The molecule has 2 aromatic heterocycles. The molecule has 1 saturated heterocycles. The molecule has 150 valence electrons. The number of alkyl halides is 1. The van der Waals surface area contributed by atoms with Crippen molar-refractivity contribution in [3.05, 3.63) is 16.7 Å². The molecule has 2 aromatic rings. The van der Waals surface area contributed by atoms with Crippen molar-refractivity contribution in [2.45, 2.75) is 63.5 Å². The van der Waals surface area contributed by atoms with Crippen LogP contribution in [0, 0.1) is 0 Å². The fraction of sp³-hybridized carbons (Fsp3) is 0.688. The molecule has 0 aromatic carbocycles. The van der Waals surface area contributed by atoms with Gasteiger partial charge in [-0.25, -0.2) is 9.37 Å². The Hall–Kier alpha value is -1.82. The number of aliphatic hydroxyl groups excluding tert-OH is 1. The molecule has 4 atom stereocenters. The van der Waals surface area contributed by atoms with Crippen molar-refractivity contribution in [1.29, 1.82) is 0 Å². The Morgan fingerprint density at radius 3 is 2.74 bits per heavy atom. The van der Waals surface area contributed by atoms with Gasteiger partial charge >= 0.3 is 0 Å². The Labute approximate surface area is 156 Å². The molecule has 1 fully saturated rings. The first-order valence-electron chi connectivity index (χ1n) is 8.77. The van der Waals surface area contributed by atoms with Crippen LogP contribution in [0.3, 0.4) is 0 Å². The van der Waals surface area contributed by atoms with Gasteiger partial charge in [0.2, 0.25) is 5.95 Å². The van der Waals surface area contributed by atoms with Crippen LogP contribution in [0.15, 0.2) is 11.1 Å². The third-order valence-corrected chi connectivity index (χ3v) is 9.88. The van der Waals surface area contributed by atoms with Crippen molar-refractivity contribution < 1.29 is 18.7 Å². The number of nitrogens with two attached hydrogens (primary N) is 1. The molecule has 3 rings (SSSR count). The van der Waals surface area contributed by atoms with Crippen LogP contribution in [-0.2, 0) is 9.16 Å². The average molecular weight is 399 g/mol. The summed E-state index contributed by atoms with van der Waals surface area (Å²) in [5, 5.41) is 9.57. The Bertz CT molecular complexity index is 893. The first-order chi connectivity index (χ1) is 12.5. The Kier molecular flexibility index (Phi) is 4.91. The zero-order chi connectivity index (χ0) is 20.1. The standard InChI is InChI=1S/C16H26FN5O4Si/c1-16(2,3)27(4,5)26-11-8(6-23)25-14(9(11)17)22-7-19-10-12(22)20-15(18)21-13(10)24/h7-9,11,14,23H,6H2,1-5H3,(H3,18,20,21,24)/t8-,9-,11-,14-/m1/s1. The highest BCUT2D eigenvalue weighted by molar-refractivity contribution is 6.74. The topological polar surface area (TPSA) is 128 Å². The van der Waals surface area contributed by atoms with E-state index in [9.17, 15) is 9.90 Å². The van der Waals surface area contributed by atoms with Crippen molar-refractivity contribution in [1.82, 2.24) is 19.5 Å². The molecular weight excluding hydrogens is 373 g/mol. The smallest absolute Gasteiger partial charge is 0.280 e. The fourth-order valence-corrected chi connectivity index (χ4v) is 4.17. The highest BCUT2D eigenvalue weighted by atomic mass is 28.4. The van der Waals surface area contributed by atoms with E-state index in [2.05, 4.69) is 35.7 Å². The number of fused-ring (bicyclic) bond motifs is 1. The summed E-state index contributed by atoms with van der Waals surface area (Å²) < 4.78 is 28.6. The molecule has 0 amide bonds. The van der Waals surface area contributed by atoms with E-state index in [1.165, 1.54) is 10.9 Å². The van der Waals surface area contributed by atoms with Crippen LogP contribution in [0.25, 0.3) is 11.2 Å². The van der Waals surface area contributed by atoms with E-state index in [1.807, 2.05) is 13.1 Å². The zero-order valence-electron chi connectivity index (χ0n) is 16.1. The second-order valence-corrected chi connectivity index (χ2v) is 13.1. The number of ether oxygens (including phenoxy) is 1. The number of nitrogen functional groups attached to an aromatic ring is 1. The van der Waals surface area contributed by atoms with Gasteiger partial charge in [-0.05, 0) is 18.1 Å². The first kappa shape index (κ1) is 19.9. The minimum absolute atomic E-state index is 0.0364. The number of hydrogen-bond donors (Lipinski definition) is 3. The summed E-state index contributed by atoms with van der Waals surface area (Å²) in [5.41, 5.74) is 5.24. The van der Waals surface area contributed by atoms with E-state index >= 15 is 4.39 Å². The normalized spacial score (nSPS) is 26.8. The lowest BCUT2D eigenvalue weighted by atomic mass is 10.1. The SMILES string of the molecule is CC(C)(C)[Si](C)(C)O[C@H]1[C@@H](F)[C@H](n2cnc3c(=O)[nH]c(N)nc32)O[C@@H]1CO. The Balaban J connectivity index is 1.97. The summed E-state index contributed by atoms with van der Waals surface area (Å²) in [7, 11) is -2.30. The van der Waals surface area contributed by atoms with Crippen molar-refractivity contribution in [3.8, 4) is 0 Å². The lowest BCUT2D eigenvalue weighted by Crippen LogP contribution is -2.49. The molecule has 0 saturated carbocycles. The minimum Gasteiger partial charge on any atom is -0.408 e. The zero-order valence-corrected chi connectivity index (χ0v) is 17.1. The minimum atomic E-state index is -2.30. The van der Waals surface area contributed by atoms with E-state index in [4.69, 9.17) is 14.9 Å². The third kappa shape index (κ3) is 3.40. The number of H-pyrrole nitrogens is 1. The molecule has 1 aliphatic heterocycles. The number of anilines is 1. The number of hydrogen-bond acceptors (Lipinski definition) is 7. The number of rotatable bonds is 4. The van der Waals surface area contributed by atoms with Crippen molar-refractivity contribution in [2.75, 3.05) is 12.3 Å². The summed E-state index contributed by atoms with van der Waals surface area (Å²) in [6.45, 7) is 9.78. The summed E-state index contributed by atoms with van der Waals surface area (Å²) in [4.78, 5) is 22.3. The van der Waals surface area contributed by atoms with E-state index in [0.29, 0.717) is 0 Å². The molecule has 0 aliphatic carbocycles. The lowest BCUT2D eigenvalue weighted by Gasteiger charge is -2.39. The molecule has 9 nitrogen and oxygen atoms in total. The van der Waals surface area contributed by atoms with Gasteiger partial charge < -0.3 is 20.0 Å². The van der Waals surface area contributed by atoms with E-state index < -0.39 is 38.5 Å². The van der Waals surface area contributed by atoms with E-state index in [-0.39, 0.29) is 28.8 Å². The summed E-state index contributed by atoms with van der Waals surface area (Å²) in [6, 6.07) is 0. The second kappa shape index (κ2) is 6.65. The number of imidazole rings is 1. The molecule has 3 heterocycles. The summed E-state index contributed by atoms with van der Waals surface area (Å²) in [5.74, 6) is -0.101. The van der Waals surface area contributed by atoms with E-state index in [0.717, 1.165) is 0 Å². The Morgan fingerprint density at radius 2 is 2.15 bits per heavy atom. The molecule has 27 heavy (non-hydrogen) atoms. The number of nitrogens with one attached hydrogen (secondary N) is 1. The van der Waals surface area contributed by atoms with E-state index in [1.54, 1.807) is 0 Å². The first-order valence-corrected chi connectivity index (χ1v) is 11.7. The molecule has 11 heteroatoms. The number of aromatic amines is 1. The monoisotopic (exact) mass is 399 g/mol. The highest BCUT2D eigenvalue weighted by Crippen LogP contribution is 2.42. The number of aromatic nitrogens is 4. The number of nitrogens with zero attached hydrogens (tertiary/aromatic N) is 3. The lowest BCUT2D eigenvalue weighted by molar-refractivity contribution is -0.0445. The van der Waals surface area contributed by atoms with Crippen LogP contribution in [0.4, 0.5) is 10.3 Å². The molecule has 1 aliphatic rings. The maximum Gasteiger partial charge on any atom is 0.280 e. The largest absolute Gasteiger partial charge is 0.408 e. The molecule has 0 bridgehead atoms. The van der Waals surface area contributed by atoms with Crippen LogP contribution in [0.2, 0.25) is 18.1 Å². The molecule has 0 spiro atoms.